The van der Waals surface area contributed by atoms with Gasteiger partial charge >= 0.3 is 0 Å². The monoisotopic (exact) mass is 219 g/mol. The van der Waals surface area contributed by atoms with Gasteiger partial charge in [0.15, 0.2) is 0 Å². The zero-order valence-electron chi connectivity index (χ0n) is 9.83. The topological polar surface area (TPSA) is 12.0 Å². The van der Waals surface area contributed by atoms with Gasteiger partial charge in [-0.15, -0.1) is 6.42 Å². The smallest absolute Gasteiger partial charge is 0.123 e. The van der Waals surface area contributed by atoms with Crippen LogP contribution >= 0.6 is 0 Å². The standard InChI is InChI=1S/C14H18FN/c1-4-7-14(5-2)16-11(3)12-8-6-9-13(15)10-12/h2,6,8-11,14,16H,4,7H2,1,3H3. The van der Waals surface area contributed by atoms with Gasteiger partial charge in [0.25, 0.3) is 0 Å². The highest BCUT2D eigenvalue weighted by atomic mass is 19.1. The van der Waals surface area contributed by atoms with Crippen LogP contribution in [0.5, 0.6) is 0 Å². The Morgan fingerprint density at radius 2 is 2.25 bits per heavy atom. The zero-order chi connectivity index (χ0) is 12.0. The predicted octanol–water partition coefficient (Wildman–Crippen LogP) is 3.28. The van der Waals surface area contributed by atoms with E-state index in [2.05, 4.69) is 18.2 Å². The quantitative estimate of drug-likeness (QED) is 0.749. The molecular weight excluding hydrogens is 201 g/mol. The second-order valence-electron chi connectivity index (χ2n) is 3.95. The second kappa shape index (κ2) is 6.30. The lowest BCUT2D eigenvalue weighted by Crippen LogP contribution is -2.30. The van der Waals surface area contributed by atoms with Gasteiger partial charge in [-0.3, -0.25) is 5.32 Å². The van der Waals surface area contributed by atoms with Crippen molar-refractivity contribution in [1.29, 1.82) is 0 Å². The SMILES string of the molecule is C#CC(CCC)NC(C)c1cccc(F)c1. The van der Waals surface area contributed by atoms with Crippen LogP contribution < -0.4 is 5.32 Å². The van der Waals surface area contributed by atoms with Crippen molar-refractivity contribution >= 4 is 0 Å². The third-order valence-electron chi connectivity index (χ3n) is 2.58. The Hall–Kier alpha value is -1.33. The molecule has 0 bridgehead atoms. The van der Waals surface area contributed by atoms with E-state index in [4.69, 9.17) is 6.42 Å². The summed E-state index contributed by atoms with van der Waals surface area (Å²) >= 11 is 0. The second-order valence-corrected chi connectivity index (χ2v) is 3.95. The van der Waals surface area contributed by atoms with Crippen molar-refractivity contribution in [1.82, 2.24) is 5.32 Å². The summed E-state index contributed by atoms with van der Waals surface area (Å²) in [5.41, 5.74) is 0.927. The van der Waals surface area contributed by atoms with Gasteiger partial charge < -0.3 is 0 Å². The third-order valence-corrected chi connectivity index (χ3v) is 2.58. The third kappa shape index (κ3) is 3.67. The summed E-state index contributed by atoms with van der Waals surface area (Å²) < 4.78 is 13.0. The fourth-order valence-corrected chi connectivity index (χ4v) is 1.68. The molecule has 0 spiro atoms. The summed E-state index contributed by atoms with van der Waals surface area (Å²) in [4.78, 5) is 0. The van der Waals surface area contributed by atoms with E-state index in [1.165, 1.54) is 12.1 Å². The Morgan fingerprint density at radius 3 is 2.81 bits per heavy atom. The molecule has 0 aliphatic carbocycles. The van der Waals surface area contributed by atoms with E-state index in [0.29, 0.717) is 0 Å². The Kier molecular flexibility index (Phi) is 5.01. The van der Waals surface area contributed by atoms with Crippen LogP contribution in [0.15, 0.2) is 24.3 Å². The summed E-state index contributed by atoms with van der Waals surface area (Å²) in [5.74, 6) is 2.50. The predicted molar refractivity (Wildman–Crippen MR) is 65.5 cm³/mol. The highest BCUT2D eigenvalue weighted by Crippen LogP contribution is 2.14. The van der Waals surface area contributed by atoms with Crippen LogP contribution in [0.2, 0.25) is 0 Å². The molecule has 0 aliphatic heterocycles. The fraction of sp³-hybridized carbons (Fsp3) is 0.429. The summed E-state index contributed by atoms with van der Waals surface area (Å²) in [7, 11) is 0. The van der Waals surface area contributed by atoms with Gasteiger partial charge in [0.2, 0.25) is 0 Å². The average Bonchev–Trinajstić information content (AvgIpc) is 2.28. The molecular formula is C14H18FN. The first kappa shape index (κ1) is 12.7. The number of halogens is 1. The lowest BCUT2D eigenvalue weighted by atomic mass is 10.1. The summed E-state index contributed by atoms with van der Waals surface area (Å²) in [6, 6.07) is 6.73. The number of nitrogens with one attached hydrogen (secondary N) is 1. The molecule has 2 heteroatoms. The molecule has 0 heterocycles. The fourth-order valence-electron chi connectivity index (χ4n) is 1.68. The van der Waals surface area contributed by atoms with Crippen LogP contribution in [0.25, 0.3) is 0 Å². The number of benzene rings is 1. The first-order chi connectivity index (χ1) is 7.67. The molecule has 2 atom stereocenters. The largest absolute Gasteiger partial charge is 0.297 e. The molecule has 0 saturated heterocycles. The maximum Gasteiger partial charge on any atom is 0.123 e. The molecule has 86 valence electrons. The van der Waals surface area contributed by atoms with Gasteiger partial charge in [0.1, 0.15) is 5.82 Å². The van der Waals surface area contributed by atoms with Crippen molar-refractivity contribution in [2.24, 2.45) is 0 Å². The molecule has 0 radical (unpaired) electrons. The molecule has 0 fully saturated rings. The molecule has 2 unspecified atom stereocenters. The maximum atomic E-state index is 13.0. The molecule has 1 aromatic rings. The lowest BCUT2D eigenvalue weighted by molar-refractivity contribution is 0.492. The molecule has 1 rings (SSSR count). The van der Waals surface area contributed by atoms with Gasteiger partial charge in [-0.25, -0.2) is 4.39 Å². The highest BCUT2D eigenvalue weighted by molar-refractivity contribution is 5.20. The first-order valence-corrected chi connectivity index (χ1v) is 5.65. The lowest BCUT2D eigenvalue weighted by Gasteiger charge is -2.19. The van der Waals surface area contributed by atoms with E-state index in [1.54, 1.807) is 6.07 Å². The minimum Gasteiger partial charge on any atom is -0.297 e. The maximum absolute atomic E-state index is 13.0. The molecule has 0 saturated carbocycles. The highest BCUT2D eigenvalue weighted by Gasteiger charge is 2.10. The molecule has 0 amide bonds. The van der Waals surface area contributed by atoms with E-state index < -0.39 is 0 Å². The van der Waals surface area contributed by atoms with Crippen molar-refractivity contribution in [3.63, 3.8) is 0 Å². The molecule has 1 aromatic carbocycles. The van der Waals surface area contributed by atoms with Crippen molar-refractivity contribution in [3.05, 3.63) is 35.6 Å². The molecule has 0 aromatic heterocycles. The van der Waals surface area contributed by atoms with Crippen LogP contribution in [0, 0.1) is 18.2 Å². The molecule has 1 N–H and O–H groups in total. The molecule has 1 nitrogen and oxygen atoms in total. The van der Waals surface area contributed by atoms with Crippen LogP contribution in [-0.4, -0.2) is 6.04 Å². The van der Waals surface area contributed by atoms with Gasteiger partial charge in [-0.2, -0.15) is 0 Å². The summed E-state index contributed by atoms with van der Waals surface area (Å²) in [6.45, 7) is 4.09. The zero-order valence-corrected chi connectivity index (χ0v) is 9.83. The van der Waals surface area contributed by atoms with Crippen LogP contribution in [0.3, 0.4) is 0 Å². The van der Waals surface area contributed by atoms with Gasteiger partial charge in [-0.1, -0.05) is 31.4 Å². The number of rotatable bonds is 5. The van der Waals surface area contributed by atoms with E-state index in [9.17, 15) is 4.39 Å². The number of terminal acetylenes is 1. The van der Waals surface area contributed by atoms with Crippen molar-refractivity contribution in [3.8, 4) is 12.3 Å². The summed E-state index contributed by atoms with van der Waals surface area (Å²) in [5, 5.41) is 3.31. The van der Waals surface area contributed by atoms with Gasteiger partial charge in [-0.05, 0) is 31.0 Å². The minimum absolute atomic E-state index is 0.0586. The van der Waals surface area contributed by atoms with Crippen molar-refractivity contribution < 1.29 is 4.39 Å². The van der Waals surface area contributed by atoms with E-state index in [1.807, 2.05) is 13.0 Å². The van der Waals surface area contributed by atoms with Gasteiger partial charge in [0, 0.05) is 6.04 Å². The van der Waals surface area contributed by atoms with E-state index >= 15 is 0 Å². The minimum atomic E-state index is -0.209. The Bertz CT molecular complexity index is 367. The molecule has 16 heavy (non-hydrogen) atoms. The van der Waals surface area contributed by atoms with Crippen molar-refractivity contribution in [2.75, 3.05) is 0 Å². The number of hydrogen-bond acceptors (Lipinski definition) is 1. The molecule has 0 aliphatic rings. The van der Waals surface area contributed by atoms with Crippen LogP contribution in [-0.2, 0) is 0 Å². The van der Waals surface area contributed by atoms with Crippen LogP contribution in [0.1, 0.15) is 38.3 Å². The Balaban J connectivity index is 2.64. The Labute approximate surface area is 97.1 Å². The summed E-state index contributed by atoms with van der Waals surface area (Å²) in [6.07, 6.45) is 7.41. The van der Waals surface area contributed by atoms with E-state index in [0.717, 1.165) is 18.4 Å². The average molecular weight is 219 g/mol. The van der Waals surface area contributed by atoms with Gasteiger partial charge in [0.05, 0.1) is 6.04 Å². The van der Waals surface area contributed by atoms with Crippen LogP contribution in [0.4, 0.5) is 4.39 Å². The normalized spacial score (nSPS) is 14.1. The number of hydrogen-bond donors (Lipinski definition) is 1. The Morgan fingerprint density at radius 1 is 1.50 bits per heavy atom. The first-order valence-electron chi connectivity index (χ1n) is 5.65. The van der Waals surface area contributed by atoms with Crippen molar-refractivity contribution in [2.45, 2.75) is 38.8 Å². The van der Waals surface area contributed by atoms with E-state index in [-0.39, 0.29) is 17.9 Å².